The van der Waals surface area contributed by atoms with Gasteiger partial charge in [0.15, 0.2) is 0 Å². The molecular formula is C17H28ClN3O. The number of carbonyl (C=O) groups is 1. The predicted octanol–water partition coefficient (Wildman–Crippen LogP) is 2.64. The maximum atomic E-state index is 12.3. The van der Waals surface area contributed by atoms with E-state index in [-0.39, 0.29) is 18.3 Å². The molecule has 1 aromatic rings. The van der Waals surface area contributed by atoms with Crippen molar-refractivity contribution < 1.29 is 4.79 Å². The zero-order chi connectivity index (χ0) is 15.6. The van der Waals surface area contributed by atoms with Crippen molar-refractivity contribution >= 4 is 24.0 Å². The van der Waals surface area contributed by atoms with Crippen LogP contribution in [0.2, 0.25) is 0 Å². The number of aryl methyl sites for hydroxylation is 3. The van der Waals surface area contributed by atoms with Gasteiger partial charge in [-0.15, -0.1) is 12.4 Å². The van der Waals surface area contributed by atoms with Gasteiger partial charge < -0.3 is 11.1 Å². The number of hydrogen-bond acceptors (Lipinski definition) is 3. The van der Waals surface area contributed by atoms with Gasteiger partial charge in [0.1, 0.15) is 0 Å². The Bertz CT molecular complexity index is 506. The van der Waals surface area contributed by atoms with E-state index < -0.39 is 0 Å². The van der Waals surface area contributed by atoms with Gasteiger partial charge in [-0.3, -0.25) is 9.69 Å². The molecule has 0 aliphatic heterocycles. The topological polar surface area (TPSA) is 58.4 Å². The van der Waals surface area contributed by atoms with Crippen LogP contribution in [0.5, 0.6) is 0 Å². The van der Waals surface area contributed by atoms with Crippen LogP contribution in [0.4, 0.5) is 5.69 Å². The van der Waals surface area contributed by atoms with Gasteiger partial charge in [-0.1, -0.05) is 17.7 Å². The highest BCUT2D eigenvalue weighted by atomic mass is 35.5. The third-order valence-corrected chi connectivity index (χ3v) is 4.31. The lowest BCUT2D eigenvalue weighted by Crippen LogP contribution is -2.43. The number of anilines is 1. The van der Waals surface area contributed by atoms with Crippen molar-refractivity contribution in [3.05, 3.63) is 28.8 Å². The molecule has 1 saturated carbocycles. The Balaban J connectivity index is 0.00000242. The summed E-state index contributed by atoms with van der Waals surface area (Å²) in [4.78, 5) is 14.4. The molecule has 0 radical (unpaired) electrons. The number of amides is 1. The van der Waals surface area contributed by atoms with Gasteiger partial charge in [0.05, 0.1) is 6.54 Å². The Kier molecular flexibility index (Phi) is 6.85. The number of carbonyl (C=O) groups excluding carboxylic acids is 1. The molecule has 1 aliphatic rings. The minimum atomic E-state index is 0. The lowest BCUT2D eigenvalue weighted by Gasteiger charge is -2.26. The number of halogens is 1. The summed E-state index contributed by atoms with van der Waals surface area (Å²) in [6.07, 6.45) is 2.48. The Morgan fingerprint density at radius 2 is 1.86 bits per heavy atom. The lowest BCUT2D eigenvalue weighted by molar-refractivity contribution is -0.117. The van der Waals surface area contributed by atoms with Gasteiger partial charge >= 0.3 is 0 Å². The molecule has 0 spiro atoms. The highest BCUT2D eigenvalue weighted by Gasteiger charge is 2.33. The molecule has 124 valence electrons. The van der Waals surface area contributed by atoms with Crippen LogP contribution >= 0.6 is 12.4 Å². The molecule has 1 unspecified atom stereocenters. The van der Waals surface area contributed by atoms with E-state index in [4.69, 9.17) is 5.73 Å². The summed E-state index contributed by atoms with van der Waals surface area (Å²) >= 11 is 0. The van der Waals surface area contributed by atoms with Crippen molar-refractivity contribution in [3.8, 4) is 0 Å². The number of hydrogen-bond donors (Lipinski definition) is 2. The van der Waals surface area contributed by atoms with Crippen LogP contribution in [0.15, 0.2) is 12.1 Å². The first-order valence-electron chi connectivity index (χ1n) is 7.70. The molecule has 1 aromatic carbocycles. The summed E-state index contributed by atoms with van der Waals surface area (Å²) < 4.78 is 0. The Morgan fingerprint density at radius 1 is 1.32 bits per heavy atom. The number of nitrogens with two attached hydrogens (primary N) is 1. The van der Waals surface area contributed by atoms with E-state index in [1.165, 1.54) is 18.4 Å². The highest BCUT2D eigenvalue weighted by molar-refractivity contribution is 5.93. The van der Waals surface area contributed by atoms with Crippen molar-refractivity contribution in [2.24, 2.45) is 11.7 Å². The smallest absolute Gasteiger partial charge is 0.238 e. The predicted molar refractivity (Wildman–Crippen MR) is 94.7 cm³/mol. The number of nitrogens with zero attached hydrogens (tertiary/aromatic N) is 1. The summed E-state index contributed by atoms with van der Waals surface area (Å²) in [7, 11) is 1.99. The summed E-state index contributed by atoms with van der Waals surface area (Å²) in [5, 5.41) is 3.05. The molecule has 1 fully saturated rings. The van der Waals surface area contributed by atoms with Crippen LogP contribution in [-0.2, 0) is 4.79 Å². The minimum Gasteiger partial charge on any atom is -0.329 e. The first kappa shape index (κ1) is 18.9. The van der Waals surface area contributed by atoms with E-state index in [0.29, 0.717) is 25.0 Å². The van der Waals surface area contributed by atoms with Crippen molar-refractivity contribution in [3.63, 3.8) is 0 Å². The zero-order valence-corrected chi connectivity index (χ0v) is 14.8. The molecule has 1 amide bonds. The molecule has 0 saturated heterocycles. The fraction of sp³-hybridized carbons (Fsp3) is 0.588. The second-order valence-corrected chi connectivity index (χ2v) is 6.38. The molecule has 2 rings (SSSR count). The first-order valence-corrected chi connectivity index (χ1v) is 7.70. The SMILES string of the molecule is Cc1cc(C)c(NC(=O)CN(C)C(CN)C2CC2)c(C)c1.Cl. The Labute approximate surface area is 139 Å². The van der Waals surface area contributed by atoms with Gasteiger partial charge in [0.2, 0.25) is 5.91 Å². The fourth-order valence-electron chi connectivity index (χ4n) is 3.11. The second-order valence-electron chi connectivity index (χ2n) is 6.38. The second kappa shape index (κ2) is 7.95. The average molecular weight is 326 g/mol. The van der Waals surface area contributed by atoms with E-state index in [1.54, 1.807) is 0 Å². The van der Waals surface area contributed by atoms with Crippen LogP contribution in [0, 0.1) is 26.7 Å². The minimum absolute atomic E-state index is 0. The van der Waals surface area contributed by atoms with E-state index in [1.807, 2.05) is 20.9 Å². The molecule has 22 heavy (non-hydrogen) atoms. The standard InChI is InChI=1S/C17H27N3O.ClH/c1-11-7-12(2)17(13(3)8-11)19-16(21)10-20(4)15(9-18)14-5-6-14;/h7-8,14-15H,5-6,9-10,18H2,1-4H3,(H,19,21);1H. The van der Waals surface area contributed by atoms with Gasteiger partial charge in [0.25, 0.3) is 0 Å². The third-order valence-electron chi connectivity index (χ3n) is 4.31. The number of rotatable bonds is 6. The van der Waals surface area contributed by atoms with E-state index >= 15 is 0 Å². The number of nitrogens with one attached hydrogen (secondary N) is 1. The van der Waals surface area contributed by atoms with Crippen LogP contribution in [0.1, 0.15) is 29.5 Å². The van der Waals surface area contributed by atoms with Crippen LogP contribution in [0.25, 0.3) is 0 Å². The monoisotopic (exact) mass is 325 g/mol. The molecule has 4 nitrogen and oxygen atoms in total. The number of benzene rings is 1. The van der Waals surface area contributed by atoms with Crippen LogP contribution < -0.4 is 11.1 Å². The van der Waals surface area contributed by atoms with Crippen molar-refractivity contribution in [1.29, 1.82) is 0 Å². The van der Waals surface area contributed by atoms with E-state index in [0.717, 1.165) is 16.8 Å². The van der Waals surface area contributed by atoms with Gasteiger partial charge in [-0.2, -0.15) is 0 Å². The van der Waals surface area contributed by atoms with Crippen LogP contribution in [-0.4, -0.2) is 37.0 Å². The molecule has 5 heteroatoms. The van der Waals surface area contributed by atoms with E-state index in [9.17, 15) is 4.79 Å². The molecule has 0 aromatic heterocycles. The molecular weight excluding hydrogens is 298 g/mol. The molecule has 0 bridgehead atoms. The average Bonchev–Trinajstić information content (AvgIpc) is 3.19. The van der Waals surface area contributed by atoms with Gasteiger partial charge in [-0.25, -0.2) is 0 Å². The largest absolute Gasteiger partial charge is 0.329 e. The summed E-state index contributed by atoms with van der Waals surface area (Å²) in [6, 6.07) is 4.52. The fourth-order valence-corrected chi connectivity index (χ4v) is 3.11. The quantitative estimate of drug-likeness (QED) is 0.845. The molecule has 1 aliphatic carbocycles. The molecule has 0 heterocycles. The Hall–Kier alpha value is -1.10. The third kappa shape index (κ3) is 4.70. The van der Waals surface area contributed by atoms with Gasteiger partial charge in [0, 0.05) is 18.3 Å². The summed E-state index contributed by atoms with van der Waals surface area (Å²) in [5.41, 5.74) is 10.2. The summed E-state index contributed by atoms with van der Waals surface area (Å²) in [6.45, 7) is 7.15. The van der Waals surface area contributed by atoms with Gasteiger partial charge in [-0.05, 0) is 57.7 Å². The summed E-state index contributed by atoms with van der Waals surface area (Å²) in [5.74, 6) is 0.710. The van der Waals surface area contributed by atoms with Crippen molar-refractivity contribution in [2.45, 2.75) is 39.7 Å². The molecule has 1 atom stereocenters. The van der Waals surface area contributed by atoms with E-state index in [2.05, 4.69) is 29.3 Å². The lowest BCUT2D eigenvalue weighted by atomic mass is 10.1. The Morgan fingerprint density at radius 3 is 2.32 bits per heavy atom. The molecule has 3 N–H and O–H groups in total. The number of likely N-dealkylation sites (N-methyl/N-ethyl adjacent to an activating group) is 1. The first-order chi connectivity index (χ1) is 9.92. The maximum absolute atomic E-state index is 12.3. The van der Waals surface area contributed by atoms with Crippen molar-refractivity contribution in [2.75, 3.05) is 25.5 Å². The normalized spacial score (nSPS) is 15.4. The van der Waals surface area contributed by atoms with Crippen molar-refractivity contribution in [1.82, 2.24) is 4.90 Å². The zero-order valence-electron chi connectivity index (χ0n) is 14.0. The highest BCUT2D eigenvalue weighted by Crippen LogP contribution is 2.34. The maximum Gasteiger partial charge on any atom is 0.238 e. The van der Waals surface area contributed by atoms with Crippen LogP contribution in [0.3, 0.4) is 0 Å².